The van der Waals surface area contributed by atoms with Gasteiger partial charge in [0.15, 0.2) is 17.5 Å². The number of nitrogens with one attached hydrogen (secondary N) is 1. The predicted molar refractivity (Wildman–Crippen MR) is 116 cm³/mol. The maximum absolute atomic E-state index is 13.8. The van der Waals surface area contributed by atoms with E-state index in [2.05, 4.69) is 18.5 Å². The fraction of sp³-hybridized carbons (Fsp3) is 0.308. The van der Waals surface area contributed by atoms with Gasteiger partial charge in [-0.15, -0.1) is 11.6 Å². The highest BCUT2D eigenvalue weighted by Crippen LogP contribution is 2.40. The molecule has 0 bridgehead atoms. The molecule has 13 heteroatoms. The smallest absolute Gasteiger partial charge is 0.244 e. The third kappa shape index (κ3) is 8.09. The fourth-order valence-electron chi connectivity index (χ4n) is 1.39. The second-order valence-electron chi connectivity index (χ2n) is 4.51. The largest absolute Gasteiger partial charge is 0.250 e. The number of halogens is 9. The van der Waals surface area contributed by atoms with Gasteiger partial charge in [0, 0.05) is 22.9 Å². The van der Waals surface area contributed by atoms with Crippen LogP contribution < -0.4 is 3.53 Å². The van der Waals surface area contributed by atoms with Crippen LogP contribution in [0.3, 0.4) is 0 Å². The molecule has 1 aromatic heterocycles. The fourth-order valence-corrected chi connectivity index (χ4v) is 1.90. The van der Waals surface area contributed by atoms with Crippen molar-refractivity contribution in [2.45, 2.75) is 20.0 Å². The molecule has 2 rings (SSSR count). The Hall–Kier alpha value is 0.880. The highest BCUT2D eigenvalue weighted by Gasteiger charge is 2.34. The van der Waals surface area contributed by atoms with Gasteiger partial charge >= 0.3 is 0 Å². The Balaban J connectivity index is 0.000000597. The normalized spacial score (nSPS) is 13.0. The van der Waals surface area contributed by atoms with Crippen molar-refractivity contribution >= 4 is 104 Å². The summed E-state index contributed by atoms with van der Waals surface area (Å²) in [6.07, 6.45) is 0. The number of alkyl halides is 7. The van der Waals surface area contributed by atoms with E-state index in [1.165, 1.54) is 18.2 Å². The summed E-state index contributed by atoms with van der Waals surface area (Å²) >= 11 is 41.7. The third-order valence-corrected chi connectivity index (χ3v) is 4.83. The van der Waals surface area contributed by atoms with E-state index in [1.807, 2.05) is 29.8 Å². The standard InChI is InChI=1S/C11H4Cl6FN3.C2H5ClIN/c12-10(13,14)8-19-7(5-3-1-2-4-6(5)18)20-9(21-8)11(15,16)17;1-2(3)5-4/h1-4H;2,5H,1H3. The second-order valence-corrected chi connectivity index (χ2v) is 10.3. The van der Waals surface area contributed by atoms with Crippen molar-refractivity contribution in [1.82, 2.24) is 18.5 Å². The quantitative estimate of drug-likeness (QED) is 0.174. The average Bonchev–Trinajstić information content (AvgIpc) is 2.53. The summed E-state index contributed by atoms with van der Waals surface area (Å²) in [5.74, 6) is -1.23. The van der Waals surface area contributed by atoms with E-state index in [0.717, 1.165) is 0 Å². The van der Waals surface area contributed by atoms with Gasteiger partial charge in [-0.1, -0.05) is 81.7 Å². The summed E-state index contributed by atoms with van der Waals surface area (Å²) in [7, 11) is 0. The Labute approximate surface area is 198 Å². The summed E-state index contributed by atoms with van der Waals surface area (Å²) in [5.41, 5.74) is 0.154. The zero-order valence-corrected chi connectivity index (χ0v) is 20.1. The van der Waals surface area contributed by atoms with E-state index in [1.54, 1.807) is 6.07 Å². The van der Waals surface area contributed by atoms with Crippen LogP contribution in [0, 0.1) is 5.82 Å². The first kappa shape index (κ1) is 24.9. The topological polar surface area (TPSA) is 50.7 Å². The monoisotopic (exact) mass is 612 g/mol. The van der Waals surface area contributed by atoms with Crippen molar-refractivity contribution < 1.29 is 4.39 Å². The molecule has 1 atom stereocenters. The van der Waals surface area contributed by atoms with E-state index in [9.17, 15) is 4.39 Å². The Morgan fingerprint density at radius 3 is 1.73 bits per heavy atom. The Bertz CT molecular complexity index is 705. The second kappa shape index (κ2) is 10.6. The van der Waals surface area contributed by atoms with E-state index in [4.69, 9.17) is 81.2 Å². The van der Waals surface area contributed by atoms with E-state index < -0.39 is 13.4 Å². The van der Waals surface area contributed by atoms with Gasteiger partial charge in [-0.2, -0.15) is 0 Å². The maximum Gasteiger partial charge on any atom is 0.250 e. The minimum Gasteiger partial charge on any atom is -0.244 e. The van der Waals surface area contributed by atoms with Crippen LogP contribution in [0.1, 0.15) is 18.6 Å². The molecule has 0 saturated heterocycles. The maximum atomic E-state index is 13.8. The molecule has 0 aliphatic heterocycles. The van der Waals surface area contributed by atoms with Crippen molar-refractivity contribution in [3.8, 4) is 11.4 Å². The first-order valence-electron chi connectivity index (χ1n) is 6.52. The minimum atomic E-state index is -1.98. The van der Waals surface area contributed by atoms with Gasteiger partial charge in [-0.3, -0.25) is 0 Å². The summed E-state index contributed by atoms with van der Waals surface area (Å²) in [6, 6.07) is 5.76. The van der Waals surface area contributed by atoms with Crippen molar-refractivity contribution in [2.75, 3.05) is 0 Å². The van der Waals surface area contributed by atoms with E-state index in [-0.39, 0.29) is 28.5 Å². The van der Waals surface area contributed by atoms with Gasteiger partial charge in [0.1, 0.15) is 5.82 Å². The van der Waals surface area contributed by atoms with E-state index in [0.29, 0.717) is 0 Å². The summed E-state index contributed by atoms with van der Waals surface area (Å²) < 4.78 is 12.6. The molecule has 1 unspecified atom stereocenters. The molecule has 0 aliphatic carbocycles. The number of nitrogens with zero attached hydrogens (tertiary/aromatic N) is 3. The number of rotatable bonds is 2. The summed E-state index contributed by atoms with van der Waals surface area (Å²) in [5, 5.41) is 0. The minimum absolute atomic E-state index is 0.0610. The van der Waals surface area contributed by atoms with Crippen LogP contribution in [-0.2, 0) is 7.59 Å². The Morgan fingerprint density at radius 2 is 1.38 bits per heavy atom. The Kier molecular flexibility index (Phi) is 10.2. The molecule has 0 spiro atoms. The number of benzene rings is 1. The number of hydrogen-bond donors (Lipinski definition) is 1. The van der Waals surface area contributed by atoms with Crippen LogP contribution in [-0.4, -0.2) is 20.5 Å². The lowest BCUT2D eigenvalue weighted by Gasteiger charge is -2.15. The lowest BCUT2D eigenvalue weighted by atomic mass is 10.2. The van der Waals surface area contributed by atoms with Gasteiger partial charge in [-0.05, 0) is 19.1 Å². The van der Waals surface area contributed by atoms with Crippen molar-refractivity contribution in [2.24, 2.45) is 0 Å². The van der Waals surface area contributed by atoms with E-state index >= 15 is 0 Å². The number of hydrogen-bond acceptors (Lipinski definition) is 4. The van der Waals surface area contributed by atoms with Crippen LogP contribution in [0.25, 0.3) is 11.4 Å². The molecule has 2 aromatic rings. The summed E-state index contributed by atoms with van der Waals surface area (Å²) in [4.78, 5) is 11.6. The highest BCUT2D eigenvalue weighted by molar-refractivity contribution is 14.1. The van der Waals surface area contributed by atoms with Crippen molar-refractivity contribution in [3.63, 3.8) is 0 Å². The molecule has 26 heavy (non-hydrogen) atoms. The Morgan fingerprint density at radius 1 is 0.962 bits per heavy atom. The first-order valence-corrected chi connectivity index (χ1v) is 10.3. The molecule has 4 nitrogen and oxygen atoms in total. The lowest BCUT2D eigenvalue weighted by Crippen LogP contribution is -2.17. The predicted octanol–water partition coefficient (Wildman–Crippen LogP) is 6.84. The van der Waals surface area contributed by atoms with Crippen LogP contribution >= 0.6 is 104 Å². The zero-order chi connectivity index (χ0) is 20.1. The van der Waals surface area contributed by atoms with Gasteiger partial charge in [-0.25, -0.2) is 22.9 Å². The zero-order valence-electron chi connectivity index (χ0n) is 12.6. The van der Waals surface area contributed by atoms with Gasteiger partial charge in [0.05, 0.1) is 11.1 Å². The molecular weight excluding hydrogens is 606 g/mol. The van der Waals surface area contributed by atoms with Crippen molar-refractivity contribution in [1.29, 1.82) is 0 Å². The van der Waals surface area contributed by atoms with Crippen LogP contribution in [0.4, 0.5) is 4.39 Å². The average molecular weight is 615 g/mol. The SMILES string of the molecule is CC(Cl)NI.Fc1ccccc1-c1nc(C(Cl)(Cl)Cl)nc(C(Cl)(Cl)Cl)n1. The molecule has 0 fully saturated rings. The molecule has 1 N–H and O–H groups in total. The van der Waals surface area contributed by atoms with Crippen LogP contribution in [0.15, 0.2) is 24.3 Å². The summed E-state index contributed by atoms with van der Waals surface area (Å²) in [6.45, 7) is 1.87. The lowest BCUT2D eigenvalue weighted by molar-refractivity contribution is 0.629. The molecule has 1 heterocycles. The van der Waals surface area contributed by atoms with Gasteiger partial charge in [0.2, 0.25) is 7.59 Å². The number of aromatic nitrogens is 3. The van der Waals surface area contributed by atoms with Crippen molar-refractivity contribution in [3.05, 3.63) is 41.7 Å². The van der Waals surface area contributed by atoms with Gasteiger partial charge < -0.3 is 0 Å². The highest BCUT2D eigenvalue weighted by atomic mass is 127. The van der Waals surface area contributed by atoms with Crippen LogP contribution in [0.5, 0.6) is 0 Å². The molecule has 0 saturated carbocycles. The molecule has 1 aromatic carbocycles. The molecular formula is C13H9Cl7FIN4. The first-order chi connectivity index (χ1) is 11.9. The molecule has 0 aliphatic rings. The molecule has 0 radical (unpaired) electrons. The third-order valence-electron chi connectivity index (χ3n) is 2.41. The molecule has 0 amide bonds. The molecule has 144 valence electrons. The van der Waals surface area contributed by atoms with Gasteiger partial charge in [0.25, 0.3) is 0 Å². The van der Waals surface area contributed by atoms with Crippen LogP contribution in [0.2, 0.25) is 0 Å².